The van der Waals surface area contributed by atoms with Gasteiger partial charge in [0.25, 0.3) is 0 Å². The summed E-state index contributed by atoms with van der Waals surface area (Å²) in [5, 5.41) is 9.72. The molecule has 0 N–H and O–H groups in total. The number of ether oxygens (including phenoxy) is 1. The van der Waals surface area contributed by atoms with E-state index in [1.807, 2.05) is 31.2 Å². The SMILES string of the molecule is COc1ccc(C)c2ccc(CC#N)nc12. The molecule has 0 spiro atoms. The molecule has 0 atom stereocenters. The highest BCUT2D eigenvalue weighted by atomic mass is 16.5. The van der Waals surface area contributed by atoms with Crippen molar-refractivity contribution in [1.29, 1.82) is 5.26 Å². The summed E-state index contributed by atoms with van der Waals surface area (Å²) in [6, 6.07) is 9.89. The summed E-state index contributed by atoms with van der Waals surface area (Å²) in [6.07, 6.45) is 0.326. The maximum absolute atomic E-state index is 8.65. The zero-order valence-corrected chi connectivity index (χ0v) is 9.32. The lowest BCUT2D eigenvalue weighted by Crippen LogP contribution is -1.93. The van der Waals surface area contributed by atoms with E-state index in [1.54, 1.807) is 7.11 Å². The van der Waals surface area contributed by atoms with Crippen LogP contribution in [0.5, 0.6) is 5.75 Å². The highest BCUT2D eigenvalue weighted by Crippen LogP contribution is 2.26. The molecule has 2 rings (SSSR count). The molecule has 0 fully saturated rings. The number of pyridine rings is 1. The van der Waals surface area contributed by atoms with Gasteiger partial charge in [0.15, 0.2) is 0 Å². The average molecular weight is 212 g/mol. The molecule has 1 aromatic carbocycles. The van der Waals surface area contributed by atoms with E-state index < -0.39 is 0 Å². The molecule has 0 aliphatic rings. The van der Waals surface area contributed by atoms with Gasteiger partial charge in [-0.15, -0.1) is 0 Å². The van der Waals surface area contributed by atoms with Crippen LogP contribution < -0.4 is 4.74 Å². The van der Waals surface area contributed by atoms with Crippen LogP contribution in [0.4, 0.5) is 0 Å². The summed E-state index contributed by atoms with van der Waals surface area (Å²) in [6.45, 7) is 2.04. The van der Waals surface area contributed by atoms with Gasteiger partial charge in [-0.25, -0.2) is 4.98 Å². The van der Waals surface area contributed by atoms with Crippen molar-refractivity contribution in [2.75, 3.05) is 7.11 Å². The second-order valence-corrected chi connectivity index (χ2v) is 3.62. The van der Waals surface area contributed by atoms with E-state index in [0.717, 1.165) is 27.9 Å². The number of methoxy groups -OCH3 is 1. The minimum absolute atomic E-state index is 0.326. The van der Waals surface area contributed by atoms with E-state index >= 15 is 0 Å². The predicted octanol–water partition coefficient (Wildman–Crippen LogP) is 2.62. The number of rotatable bonds is 2. The first-order valence-electron chi connectivity index (χ1n) is 5.06. The molecule has 0 bridgehead atoms. The Labute approximate surface area is 94.3 Å². The van der Waals surface area contributed by atoms with E-state index in [2.05, 4.69) is 11.1 Å². The van der Waals surface area contributed by atoms with Crippen LogP contribution in [-0.2, 0) is 6.42 Å². The van der Waals surface area contributed by atoms with Gasteiger partial charge < -0.3 is 4.74 Å². The van der Waals surface area contributed by atoms with Crippen molar-refractivity contribution in [3.63, 3.8) is 0 Å². The fourth-order valence-corrected chi connectivity index (χ4v) is 1.72. The highest BCUT2D eigenvalue weighted by Gasteiger charge is 2.06. The second kappa shape index (κ2) is 4.19. The second-order valence-electron chi connectivity index (χ2n) is 3.62. The summed E-state index contributed by atoms with van der Waals surface area (Å²) in [5.74, 6) is 0.750. The first-order valence-corrected chi connectivity index (χ1v) is 5.06. The third-order valence-electron chi connectivity index (χ3n) is 2.58. The lowest BCUT2D eigenvalue weighted by molar-refractivity contribution is 0.418. The molecular formula is C13H12N2O. The normalized spacial score (nSPS) is 10.1. The lowest BCUT2D eigenvalue weighted by Gasteiger charge is -2.07. The van der Waals surface area contributed by atoms with Gasteiger partial charge in [-0.05, 0) is 24.6 Å². The quantitative estimate of drug-likeness (QED) is 0.768. The summed E-state index contributed by atoms with van der Waals surface area (Å²) >= 11 is 0. The van der Waals surface area contributed by atoms with Gasteiger partial charge in [0.1, 0.15) is 11.3 Å². The Morgan fingerprint density at radius 1 is 1.31 bits per heavy atom. The van der Waals surface area contributed by atoms with E-state index in [0.29, 0.717) is 6.42 Å². The van der Waals surface area contributed by atoms with Gasteiger partial charge in [0.05, 0.1) is 25.3 Å². The molecule has 0 amide bonds. The lowest BCUT2D eigenvalue weighted by atomic mass is 10.1. The Morgan fingerprint density at radius 2 is 2.12 bits per heavy atom. The smallest absolute Gasteiger partial charge is 0.145 e. The maximum atomic E-state index is 8.65. The molecule has 0 radical (unpaired) electrons. The molecule has 16 heavy (non-hydrogen) atoms. The fraction of sp³-hybridized carbons (Fsp3) is 0.231. The summed E-state index contributed by atoms with van der Waals surface area (Å²) in [7, 11) is 1.63. The molecule has 0 aliphatic carbocycles. The standard InChI is InChI=1S/C13H12N2O/c1-9-3-6-12(16-2)13-11(9)5-4-10(15-13)7-8-14/h3-6H,7H2,1-2H3. The van der Waals surface area contributed by atoms with Gasteiger partial charge in [0.2, 0.25) is 0 Å². The van der Waals surface area contributed by atoms with E-state index in [4.69, 9.17) is 10.00 Å². The van der Waals surface area contributed by atoms with Gasteiger partial charge in [-0.2, -0.15) is 5.26 Å². The minimum Gasteiger partial charge on any atom is -0.494 e. The van der Waals surface area contributed by atoms with Crippen LogP contribution in [0.15, 0.2) is 24.3 Å². The van der Waals surface area contributed by atoms with Crippen LogP contribution in [-0.4, -0.2) is 12.1 Å². The van der Waals surface area contributed by atoms with Crippen molar-refractivity contribution in [3.8, 4) is 11.8 Å². The number of hydrogen-bond acceptors (Lipinski definition) is 3. The topological polar surface area (TPSA) is 45.9 Å². The molecule has 3 heteroatoms. The van der Waals surface area contributed by atoms with Crippen LogP contribution in [0, 0.1) is 18.3 Å². The number of fused-ring (bicyclic) bond motifs is 1. The molecule has 0 saturated heterocycles. The third-order valence-corrected chi connectivity index (χ3v) is 2.58. The summed E-state index contributed by atoms with van der Waals surface area (Å²) in [5.41, 5.74) is 2.76. The average Bonchev–Trinajstić information content (AvgIpc) is 2.30. The Kier molecular flexibility index (Phi) is 2.74. The van der Waals surface area contributed by atoms with Crippen LogP contribution in [0.3, 0.4) is 0 Å². The maximum Gasteiger partial charge on any atom is 0.145 e. The van der Waals surface area contributed by atoms with E-state index in [-0.39, 0.29) is 0 Å². The number of aryl methyl sites for hydroxylation is 1. The molecule has 0 aliphatic heterocycles. The Bertz CT molecular complexity index is 570. The van der Waals surface area contributed by atoms with Gasteiger partial charge in [-0.3, -0.25) is 0 Å². The minimum atomic E-state index is 0.326. The van der Waals surface area contributed by atoms with E-state index in [1.165, 1.54) is 0 Å². The van der Waals surface area contributed by atoms with Crippen LogP contribution in [0.25, 0.3) is 10.9 Å². The van der Waals surface area contributed by atoms with Crippen molar-refractivity contribution in [3.05, 3.63) is 35.5 Å². The number of aromatic nitrogens is 1. The monoisotopic (exact) mass is 212 g/mol. The van der Waals surface area contributed by atoms with Gasteiger partial charge in [-0.1, -0.05) is 12.1 Å². The van der Waals surface area contributed by atoms with Crippen molar-refractivity contribution >= 4 is 10.9 Å². The molecule has 1 aromatic heterocycles. The molecule has 0 unspecified atom stereocenters. The molecule has 3 nitrogen and oxygen atoms in total. The Hall–Kier alpha value is -2.08. The molecule has 1 heterocycles. The number of nitrogens with zero attached hydrogens (tertiary/aromatic N) is 2. The van der Waals surface area contributed by atoms with Gasteiger partial charge >= 0.3 is 0 Å². The van der Waals surface area contributed by atoms with Crippen LogP contribution in [0.1, 0.15) is 11.3 Å². The molecular weight excluding hydrogens is 200 g/mol. The van der Waals surface area contributed by atoms with Crippen molar-refractivity contribution in [2.24, 2.45) is 0 Å². The zero-order chi connectivity index (χ0) is 11.5. The van der Waals surface area contributed by atoms with Crippen molar-refractivity contribution in [1.82, 2.24) is 4.98 Å². The van der Waals surface area contributed by atoms with Gasteiger partial charge in [0, 0.05) is 5.39 Å². The van der Waals surface area contributed by atoms with Crippen molar-refractivity contribution < 1.29 is 4.74 Å². The Morgan fingerprint density at radius 3 is 2.81 bits per heavy atom. The first-order chi connectivity index (χ1) is 7.76. The van der Waals surface area contributed by atoms with E-state index in [9.17, 15) is 0 Å². The first kappa shape index (κ1) is 10.4. The van der Waals surface area contributed by atoms with Crippen LogP contribution in [0.2, 0.25) is 0 Å². The highest BCUT2D eigenvalue weighted by molar-refractivity contribution is 5.87. The number of nitriles is 1. The fourth-order valence-electron chi connectivity index (χ4n) is 1.72. The largest absolute Gasteiger partial charge is 0.494 e. The zero-order valence-electron chi connectivity index (χ0n) is 9.32. The van der Waals surface area contributed by atoms with Crippen LogP contribution >= 0.6 is 0 Å². The summed E-state index contributed by atoms with van der Waals surface area (Å²) in [4.78, 5) is 4.45. The molecule has 80 valence electrons. The molecule has 2 aromatic rings. The Balaban J connectivity index is 2.70. The summed E-state index contributed by atoms with van der Waals surface area (Å²) < 4.78 is 5.27. The number of benzene rings is 1. The predicted molar refractivity (Wildman–Crippen MR) is 62.3 cm³/mol. The van der Waals surface area contributed by atoms with Crippen molar-refractivity contribution in [2.45, 2.75) is 13.3 Å². The third kappa shape index (κ3) is 1.70. The number of hydrogen-bond donors (Lipinski definition) is 0. The molecule has 0 saturated carbocycles.